The van der Waals surface area contributed by atoms with Crippen LogP contribution in [0.1, 0.15) is 44.4 Å². The Morgan fingerprint density at radius 1 is 1.11 bits per heavy atom. The van der Waals surface area contributed by atoms with E-state index < -0.39 is 5.92 Å². The normalized spacial score (nSPS) is 15.9. The van der Waals surface area contributed by atoms with E-state index in [1.807, 2.05) is 51.1 Å². The predicted octanol–water partition coefficient (Wildman–Crippen LogP) is 4.63. The number of nitrogens with one attached hydrogen (secondary N) is 1. The van der Waals surface area contributed by atoms with Gasteiger partial charge in [-0.2, -0.15) is 0 Å². The van der Waals surface area contributed by atoms with E-state index in [9.17, 15) is 9.59 Å². The average Bonchev–Trinajstić information content (AvgIpc) is 2.84. The molecule has 0 aromatic heterocycles. The molecule has 0 radical (unpaired) electrons. The van der Waals surface area contributed by atoms with E-state index in [1.165, 1.54) is 12.7 Å². The number of hydrogen-bond acceptors (Lipinski definition) is 5. The fraction of sp³-hybridized carbons (Fsp3) is 0.444. The second-order valence-electron chi connectivity index (χ2n) is 9.07. The fourth-order valence-electron chi connectivity index (χ4n) is 3.86. The number of nitrogens with zero attached hydrogens (tertiary/aromatic N) is 3. The van der Waals surface area contributed by atoms with Crippen molar-refractivity contribution in [2.45, 2.75) is 53.7 Å². The molecule has 35 heavy (non-hydrogen) atoms. The van der Waals surface area contributed by atoms with E-state index >= 15 is 0 Å². The Labute approximate surface area is 207 Å². The third-order valence-electron chi connectivity index (χ3n) is 5.81. The molecule has 2 aromatic rings. The van der Waals surface area contributed by atoms with Crippen LogP contribution in [0.5, 0.6) is 5.75 Å². The van der Waals surface area contributed by atoms with Gasteiger partial charge in [-0.05, 0) is 62.1 Å². The topological polar surface area (TPSA) is 83.5 Å². The van der Waals surface area contributed by atoms with Gasteiger partial charge in [-0.25, -0.2) is 9.79 Å². The lowest BCUT2D eigenvalue weighted by molar-refractivity contribution is -0.145. The number of esters is 1. The van der Waals surface area contributed by atoms with E-state index in [2.05, 4.69) is 24.4 Å². The molecular formula is C27H36N4O4. The van der Waals surface area contributed by atoms with Crippen LogP contribution in [0.3, 0.4) is 0 Å². The number of benzene rings is 2. The monoisotopic (exact) mass is 480 g/mol. The lowest BCUT2D eigenvalue weighted by Gasteiger charge is -2.38. The highest BCUT2D eigenvalue weighted by molar-refractivity contribution is 5.99. The molecule has 188 valence electrons. The number of urea groups is 1. The molecule has 1 aliphatic heterocycles. The molecule has 2 aromatic carbocycles. The maximum Gasteiger partial charge on any atom is 0.328 e. The van der Waals surface area contributed by atoms with Crippen molar-refractivity contribution in [3.63, 3.8) is 0 Å². The van der Waals surface area contributed by atoms with Gasteiger partial charge in [0.05, 0.1) is 38.0 Å². The summed E-state index contributed by atoms with van der Waals surface area (Å²) < 4.78 is 10.7. The number of rotatable bonds is 9. The highest BCUT2D eigenvalue weighted by Crippen LogP contribution is 2.26. The Balaban J connectivity index is 1.89. The van der Waals surface area contributed by atoms with Crippen LogP contribution in [0.4, 0.5) is 10.5 Å². The molecule has 2 amide bonds. The van der Waals surface area contributed by atoms with Gasteiger partial charge in [-0.3, -0.25) is 9.69 Å². The molecule has 1 saturated heterocycles. The molecule has 8 heteroatoms. The smallest absolute Gasteiger partial charge is 0.328 e. The van der Waals surface area contributed by atoms with Gasteiger partial charge in [-0.15, -0.1) is 0 Å². The number of aliphatic imine (C=N–C) groups is 1. The molecule has 0 saturated carbocycles. The molecule has 1 heterocycles. The first kappa shape index (κ1) is 26.1. The van der Waals surface area contributed by atoms with E-state index in [0.717, 1.165) is 29.0 Å². The molecule has 8 nitrogen and oxygen atoms in total. The first-order chi connectivity index (χ1) is 16.7. The molecule has 0 aliphatic carbocycles. The number of carbonyl (C=O) groups is 2. The van der Waals surface area contributed by atoms with Crippen LogP contribution in [-0.4, -0.2) is 54.2 Å². The minimum absolute atomic E-state index is 0.0800. The van der Waals surface area contributed by atoms with Gasteiger partial charge < -0.3 is 19.7 Å². The molecular weight excluding hydrogens is 444 g/mol. The van der Waals surface area contributed by atoms with Crippen molar-refractivity contribution < 1.29 is 19.1 Å². The summed E-state index contributed by atoms with van der Waals surface area (Å²) in [5.41, 5.74) is 3.91. The number of methoxy groups -OCH3 is 1. The molecule has 1 fully saturated rings. The number of aryl methyl sites for hydroxylation is 2. The van der Waals surface area contributed by atoms with Crippen LogP contribution >= 0.6 is 0 Å². The summed E-state index contributed by atoms with van der Waals surface area (Å²) in [5.74, 6) is 0.491. The van der Waals surface area contributed by atoms with Gasteiger partial charge in [0, 0.05) is 6.54 Å². The van der Waals surface area contributed by atoms with E-state index in [0.29, 0.717) is 12.5 Å². The Morgan fingerprint density at radius 2 is 1.80 bits per heavy atom. The number of amides is 2. The first-order valence-corrected chi connectivity index (χ1v) is 12.0. The molecule has 3 rings (SSSR count). The van der Waals surface area contributed by atoms with Crippen molar-refractivity contribution in [2.75, 3.05) is 20.3 Å². The largest absolute Gasteiger partial charge is 0.491 e. The second kappa shape index (κ2) is 11.7. The van der Waals surface area contributed by atoms with Crippen molar-refractivity contribution >= 4 is 23.6 Å². The van der Waals surface area contributed by atoms with Crippen LogP contribution in [0.15, 0.2) is 47.5 Å². The van der Waals surface area contributed by atoms with Crippen LogP contribution in [0.25, 0.3) is 0 Å². The van der Waals surface area contributed by atoms with Crippen molar-refractivity contribution in [3.8, 4) is 5.75 Å². The summed E-state index contributed by atoms with van der Waals surface area (Å²) in [5, 5.41) is 3.27. The van der Waals surface area contributed by atoms with E-state index in [1.54, 1.807) is 16.7 Å². The van der Waals surface area contributed by atoms with Gasteiger partial charge >= 0.3 is 12.0 Å². The van der Waals surface area contributed by atoms with Gasteiger partial charge in [0.1, 0.15) is 5.75 Å². The van der Waals surface area contributed by atoms with E-state index in [-0.39, 0.29) is 31.3 Å². The van der Waals surface area contributed by atoms with Crippen LogP contribution in [0.2, 0.25) is 0 Å². The standard InChI is InChI=1S/C27H36N4O4/c1-7-21-8-10-22(11-9-21)16-31-26(28-17-30(27(31)33)15-20(5)25(32)34-6)29-23-12-13-24(19(4)14-23)35-18(2)3/h8-14,18,20H,7,15-17H2,1-6H3,(H,28,29)/t20-/m0/s1. The van der Waals surface area contributed by atoms with Crippen molar-refractivity contribution in [1.82, 2.24) is 15.1 Å². The summed E-state index contributed by atoms with van der Waals surface area (Å²) in [6, 6.07) is 13.7. The van der Waals surface area contributed by atoms with Crippen LogP contribution in [0, 0.1) is 12.8 Å². The lowest BCUT2D eigenvalue weighted by atomic mass is 10.1. The Kier molecular flexibility index (Phi) is 8.73. The molecule has 0 spiro atoms. The zero-order valence-electron chi connectivity index (χ0n) is 21.5. The summed E-state index contributed by atoms with van der Waals surface area (Å²) in [6.07, 6.45) is 1.03. The minimum atomic E-state index is -0.439. The summed E-state index contributed by atoms with van der Waals surface area (Å²) >= 11 is 0. The SMILES string of the molecule is CCc1ccc(CN2C(=O)N(C[C@H](C)C(=O)OC)CN/C2=N\c2ccc(OC(C)C)c(C)c2)cc1. The highest BCUT2D eigenvalue weighted by Gasteiger charge is 2.32. The molecule has 1 atom stereocenters. The quantitative estimate of drug-likeness (QED) is 0.529. The predicted molar refractivity (Wildman–Crippen MR) is 137 cm³/mol. The Hall–Kier alpha value is -3.55. The first-order valence-electron chi connectivity index (χ1n) is 12.0. The van der Waals surface area contributed by atoms with Crippen molar-refractivity contribution in [1.29, 1.82) is 0 Å². The second-order valence-corrected chi connectivity index (χ2v) is 9.07. The number of ether oxygens (including phenoxy) is 2. The zero-order chi connectivity index (χ0) is 25.5. The zero-order valence-corrected chi connectivity index (χ0v) is 21.5. The van der Waals surface area contributed by atoms with Gasteiger partial charge in [-0.1, -0.05) is 38.1 Å². The third kappa shape index (κ3) is 6.74. The third-order valence-corrected chi connectivity index (χ3v) is 5.81. The molecule has 0 unspecified atom stereocenters. The maximum absolute atomic E-state index is 13.5. The molecule has 1 aliphatic rings. The van der Waals surface area contributed by atoms with Crippen molar-refractivity contribution in [2.24, 2.45) is 10.9 Å². The molecule has 1 N–H and O–H groups in total. The minimum Gasteiger partial charge on any atom is -0.491 e. The summed E-state index contributed by atoms with van der Waals surface area (Å²) in [4.78, 5) is 33.4. The number of hydrogen-bond donors (Lipinski definition) is 1. The lowest BCUT2D eigenvalue weighted by Crippen LogP contribution is -2.60. The van der Waals surface area contributed by atoms with Crippen molar-refractivity contribution in [3.05, 3.63) is 59.2 Å². The van der Waals surface area contributed by atoms with Gasteiger partial charge in [0.25, 0.3) is 0 Å². The van der Waals surface area contributed by atoms with Crippen LogP contribution in [-0.2, 0) is 22.5 Å². The maximum atomic E-state index is 13.5. The van der Waals surface area contributed by atoms with E-state index in [4.69, 9.17) is 14.5 Å². The number of carbonyl (C=O) groups excluding carboxylic acids is 2. The number of guanidine groups is 1. The average molecular weight is 481 g/mol. The summed E-state index contributed by atoms with van der Waals surface area (Å²) in [7, 11) is 1.35. The Morgan fingerprint density at radius 3 is 2.40 bits per heavy atom. The molecule has 0 bridgehead atoms. The highest BCUT2D eigenvalue weighted by atomic mass is 16.5. The fourth-order valence-corrected chi connectivity index (χ4v) is 3.86. The van der Waals surface area contributed by atoms with Gasteiger partial charge in [0.15, 0.2) is 0 Å². The Bertz CT molecular complexity index is 1070. The summed E-state index contributed by atoms with van der Waals surface area (Å²) in [6.45, 7) is 10.7. The van der Waals surface area contributed by atoms with Crippen LogP contribution < -0.4 is 10.1 Å². The van der Waals surface area contributed by atoms with Gasteiger partial charge in [0.2, 0.25) is 5.96 Å².